The van der Waals surface area contributed by atoms with Crippen molar-refractivity contribution in [1.82, 2.24) is 9.97 Å². The van der Waals surface area contributed by atoms with Gasteiger partial charge in [0.15, 0.2) is 0 Å². The van der Waals surface area contributed by atoms with Crippen LogP contribution < -0.4 is 0 Å². The van der Waals surface area contributed by atoms with Crippen LogP contribution in [0.4, 0.5) is 0 Å². The topological polar surface area (TPSA) is 25.8 Å². The molecule has 0 saturated carbocycles. The summed E-state index contributed by atoms with van der Waals surface area (Å²) in [5.41, 5.74) is 0.954. The predicted molar refractivity (Wildman–Crippen MR) is 55.1 cm³/mol. The summed E-state index contributed by atoms with van der Waals surface area (Å²) in [5, 5.41) is 2.35. The number of hydrogen-bond donors (Lipinski definition) is 0. The molecular weight excluding hydrogens is 295 g/mol. The minimum absolute atomic E-state index is 0.314. The SMILES string of the molecule is Clc1ncc2scc(I)c2n1. The van der Waals surface area contributed by atoms with E-state index in [0.29, 0.717) is 5.28 Å². The molecule has 0 aliphatic rings. The third-order valence-corrected chi connectivity index (χ3v) is 3.57. The second-order valence-corrected chi connectivity index (χ2v) is 4.35. The van der Waals surface area contributed by atoms with E-state index in [4.69, 9.17) is 11.6 Å². The number of rotatable bonds is 0. The molecule has 2 heterocycles. The van der Waals surface area contributed by atoms with Crippen molar-refractivity contribution < 1.29 is 0 Å². The number of hydrogen-bond acceptors (Lipinski definition) is 3. The highest BCUT2D eigenvalue weighted by molar-refractivity contribution is 14.1. The maximum Gasteiger partial charge on any atom is 0.222 e. The molecule has 0 saturated heterocycles. The normalized spacial score (nSPS) is 10.7. The Morgan fingerprint density at radius 3 is 3.18 bits per heavy atom. The van der Waals surface area contributed by atoms with Gasteiger partial charge in [0, 0.05) is 11.6 Å². The smallest absolute Gasteiger partial charge is 0.222 e. The van der Waals surface area contributed by atoms with Crippen LogP contribution in [0.5, 0.6) is 0 Å². The standard InChI is InChI=1S/C6H2ClIN2S/c7-6-9-1-4-5(10-6)3(8)2-11-4/h1-2H. The van der Waals surface area contributed by atoms with Gasteiger partial charge in [-0.25, -0.2) is 9.97 Å². The molecular formula is C6H2ClIN2S. The van der Waals surface area contributed by atoms with E-state index in [1.165, 1.54) is 0 Å². The average molecular weight is 297 g/mol. The zero-order valence-electron chi connectivity index (χ0n) is 5.21. The number of aromatic nitrogens is 2. The summed E-state index contributed by atoms with van der Waals surface area (Å²) in [5.74, 6) is 0. The Kier molecular flexibility index (Phi) is 1.98. The Morgan fingerprint density at radius 2 is 2.36 bits per heavy atom. The van der Waals surface area contributed by atoms with Crippen LogP contribution in [0.1, 0.15) is 0 Å². The zero-order chi connectivity index (χ0) is 7.84. The van der Waals surface area contributed by atoms with Crippen molar-refractivity contribution in [1.29, 1.82) is 0 Å². The van der Waals surface area contributed by atoms with Crippen molar-refractivity contribution in [2.75, 3.05) is 0 Å². The largest absolute Gasteiger partial charge is 0.225 e. The Labute approximate surface area is 85.8 Å². The van der Waals surface area contributed by atoms with E-state index >= 15 is 0 Å². The maximum absolute atomic E-state index is 5.63. The molecule has 0 unspecified atom stereocenters. The van der Waals surface area contributed by atoms with Crippen LogP contribution in [-0.4, -0.2) is 9.97 Å². The van der Waals surface area contributed by atoms with Gasteiger partial charge < -0.3 is 0 Å². The van der Waals surface area contributed by atoms with Gasteiger partial charge in [-0.2, -0.15) is 0 Å². The lowest BCUT2D eigenvalue weighted by Crippen LogP contribution is -1.80. The van der Waals surface area contributed by atoms with Gasteiger partial charge in [-0.15, -0.1) is 11.3 Å². The predicted octanol–water partition coefficient (Wildman–Crippen LogP) is 2.95. The van der Waals surface area contributed by atoms with Crippen molar-refractivity contribution >= 4 is 55.7 Å². The summed E-state index contributed by atoms with van der Waals surface area (Å²) in [7, 11) is 0. The molecule has 2 rings (SSSR count). The fraction of sp³-hybridized carbons (Fsp3) is 0. The average Bonchev–Trinajstić information content (AvgIpc) is 2.33. The number of halogens is 2. The molecule has 0 atom stereocenters. The van der Waals surface area contributed by atoms with Crippen LogP contribution in [0.3, 0.4) is 0 Å². The first-order valence-electron chi connectivity index (χ1n) is 2.82. The van der Waals surface area contributed by atoms with Crippen LogP contribution in [0.15, 0.2) is 11.6 Å². The fourth-order valence-corrected chi connectivity index (χ4v) is 2.61. The monoisotopic (exact) mass is 296 g/mol. The highest BCUT2D eigenvalue weighted by atomic mass is 127. The quantitative estimate of drug-likeness (QED) is 0.552. The molecule has 2 nitrogen and oxygen atoms in total. The van der Waals surface area contributed by atoms with Gasteiger partial charge in [-0.3, -0.25) is 0 Å². The van der Waals surface area contributed by atoms with Gasteiger partial charge in [-0.05, 0) is 34.2 Å². The molecule has 0 spiro atoms. The van der Waals surface area contributed by atoms with Crippen LogP contribution in [0.25, 0.3) is 10.2 Å². The van der Waals surface area contributed by atoms with Gasteiger partial charge in [0.05, 0.1) is 13.8 Å². The molecule has 0 amide bonds. The van der Waals surface area contributed by atoms with Gasteiger partial charge in [0.1, 0.15) is 0 Å². The Morgan fingerprint density at radius 1 is 1.55 bits per heavy atom. The van der Waals surface area contributed by atoms with Crippen molar-refractivity contribution in [3.63, 3.8) is 0 Å². The molecule has 0 aliphatic carbocycles. The minimum Gasteiger partial charge on any atom is -0.225 e. The third kappa shape index (κ3) is 1.34. The second kappa shape index (κ2) is 2.84. The lowest BCUT2D eigenvalue weighted by Gasteiger charge is -1.88. The van der Waals surface area contributed by atoms with E-state index in [2.05, 4.69) is 32.6 Å². The Hall–Kier alpha value is 0.0600. The van der Waals surface area contributed by atoms with E-state index in [1.54, 1.807) is 17.5 Å². The summed E-state index contributed by atoms with van der Waals surface area (Å²) in [6.45, 7) is 0. The molecule has 2 aromatic rings. The number of thiophene rings is 1. The molecule has 0 N–H and O–H groups in total. The first-order chi connectivity index (χ1) is 5.27. The highest BCUT2D eigenvalue weighted by Crippen LogP contribution is 2.25. The number of fused-ring (bicyclic) bond motifs is 1. The summed E-state index contributed by atoms with van der Waals surface area (Å²) in [6.07, 6.45) is 1.75. The fourth-order valence-electron chi connectivity index (χ4n) is 0.778. The van der Waals surface area contributed by atoms with Crippen molar-refractivity contribution in [2.45, 2.75) is 0 Å². The highest BCUT2D eigenvalue weighted by Gasteiger charge is 2.02. The summed E-state index contributed by atoms with van der Waals surface area (Å²) >= 11 is 9.49. The van der Waals surface area contributed by atoms with E-state index in [-0.39, 0.29) is 0 Å². The van der Waals surface area contributed by atoms with Crippen LogP contribution in [0.2, 0.25) is 5.28 Å². The Balaban J connectivity index is 2.87. The molecule has 0 fully saturated rings. The third-order valence-electron chi connectivity index (χ3n) is 1.24. The Bertz CT molecular complexity index is 400. The van der Waals surface area contributed by atoms with Crippen molar-refractivity contribution in [3.8, 4) is 0 Å². The van der Waals surface area contributed by atoms with Crippen LogP contribution in [-0.2, 0) is 0 Å². The second-order valence-electron chi connectivity index (χ2n) is 1.94. The molecule has 0 bridgehead atoms. The molecule has 5 heteroatoms. The molecule has 56 valence electrons. The summed E-state index contributed by atoms with van der Waals surface area (Å²) in [6, 6.07) is 0. The van der Waals surface area contributed by atoms with Gasteiger partial charge in [-0.1, -0.05) is 0 Å². The molecule has 0 aromatic carbocycles. The van der Waals surface area contributed by atoms with E-state index in [0.717, 1.165) is 13.8 Å². The van der Waals surface area contributed by atoms with Gasteiger partial charge in [0.2, 0.25) is 5.28 Å². The number of nitrogens with zero attached hydrogens (tertiary/aromatic N) is 2. The molecule has 0 aliphatic heterocycles. The summed E-state index contributed by atoms with van der Waals surface area (Å²) < 4.78 is 2.21. The minimum atomic E-state index is 0.314. The molecule has 0 radical (unpaired) electrons. The maximum atomic E-state index is 5.63. The molecule has 2 aromatic heterocycles. The summed E-state index contributed by atoms with van der Waals surface area (Å²) in [4.78, 5) is 7.97. The molecule has 11 heavy (non-hydrogen) atoms. The lowest BCUT2D eigenvalue weighted by molar-refractivity contribution is 1.23. The zero-order valence-corrected chi connectivity index (χ0v) is 8.94. The van der Waals surface area contributed by atoms with Crippen LogP contribution >= 0.6 is 45.5 Å². The van der Waals surface area contributed by atoms with Crippen LogP contribution in [0, 0.1) is 3.57 Å². The van der Waals surface area contributed by atoms with Gasteiger partial charge in [0.25, 0.3) is 0 Å². The lowest BCUT2D eigenvalue weighted by atomic mass is 10.5. The van der Waals surface area contributed by atoms with E-state index in [9.17, 15) is 0 Å². The van der Waals surface area contributed by atoms with E-state index < -0.39 is 0 Å². The first kappa shape index (κ1) is 7.70. The van der Waals surface area contributed by atoms with Crippen molar-refractivity contribution in [2.24, 2.45) is 0 Å². The van der Waals surface area contributed by atoms with E-state index in [1.807, 2.05) is 5.38 Å². The van der Waals surface area contributed by atoms with Gasteiger partial charge >= 0.3 is 0 Å². The first-order valence-corrected chi connectivity index (χ1v) is 5.16. The van der Waals surface area contributed by atoms with Crippen molar-refractivity contribution in [3.05, 3.63) is 20.4 Å².